The van der Waals surface area contributed by atoms with Crippen molar-refractivity contribution in [2.24, 2.45) is 7.05 Å². The molecule has 0 fully saturated rings. The lowest BCUT2D eigenvalue weighted by Crippen LogP contribution is -2.20. The lowest BCUT2D eigenvalue weighted by Gasteiger charge is -2.09. The Bertz CT molecular complexity index is 854. The van der Waals surface area contributed by atoms with E-state index in [2.05, 4.69) is 18.0 Å². The zero-order chi connectivity index (χ0) is 14.8. The van der Waals surface area contributed by atoms with E-state index in [1.54, 1.807) is 23.4 Å². The van der Waals surface area contributed by atoms with E-state index in [1.165, 1.54) is 0 Å². The third kappa shape index (κ3) is 2.68. The van der Waals surface area contributed by atoms with Crippen molar-refractivity contribution in [3.63, 3.8) is 0 Å². The molecule has 0 radical (unpaired) electrons. The Balaban J connectivity index is 2.17. The average Bonchev–Trinajstić information content (AvgIpc) is 2.51. The Morgan fingerprint density at radius 3 is 2.62 bits per heavy atom. The van der Waals surface area contributed by atoms with Crippen LogP contribution in [-0.4, -0.2) is 15.3 Å². The second kappa shape index (κ2) is 5.90. The standard InChI is InChI=1S/C17H18N2OS/c1-3-4-9-21-17-18-15-11-13-8-6-5-7-12(13)10-14(15)16(20)19(17)2/h5-8,10-11H,3-4,9H2,1-2H3. The quantitative estimate of drug-likeness (QED) is 0.316. The van der Waals surface area contributed by atoms with E-state index in [1.807, 2.05) is 30.3 Å². The fraction of sp³-hybridized carbons (Fsp3) is 0.294. The molecule has 0 amide bonds. The molecule has 0 saturated carbocycles. The number of benzene rings is 2. The Hall–Kier alpha value is -1.81. The molecule has 0 bridgehead atoms. The van der Waals surface area contributed by atoms with Crippen LogP contribution in [-0.2, 0) is 7.05 Å². The minimum absolute atomic E-state index is 0.0322. The van der Waals surface area contributed by atoms with Crippen LogP contribution >= 0.6 is 11.8 Å². The maximum atomic E-state index is 12.5. The molecular weight excluding hydrogens is 280 g/mol. The van der Waals surface area contributed by atoms with Gasteiger partial charge in [0.25, 0.3) is 5.56 Å². The lowest BCUT2D eigenvalue weighted by molar-refractivity contribution is 0.725. The normalized spacial score (nSPS) is 11.3. The molecule has 108 valence electrons. The summed E-state index contributed by atoms with van der Waals surface area (Å²) in [5, 5.41) is 3.69. The maximum absolute atomic E-state index is 12.5. The van der Waals surface area contributed by atoms with E-state index < -0.39 is 0 Å². The molecule has 21 heavy (non-hydrogen) atoms. The van der Waals surface area contributed by atoms with Crippen molar-refractivity contribution in [3.8, 4) is 0 Å². The van der Waals surface area contributed by atoms with Crippen molar-refractivity contribution in [2.75, 3.05) is 5.75 Å². The molecule has 3 nitrogen and oxygen atoms in total. The molecule has 0 aliphatic rings. The first-order chi connectivity index (χ1) is 10.2. The summed E-state index contributed by atoms with van der Waals surface area (Å²) in [6, 6.07) is 12.0. The van der Waals surface area contributed by atoms with E-state index in [-0.39, 0.29) is 5.56 Å². The molecule has 0 spiro atoms. The van der Waals surface area contributed by atoms with Gasteiger partial charge in [-0.2, -0.15) is 0 Å². The Labute approximate surface area is 128 Å². The SMILES string of the molecule is CCCCSc1nc2cc3ccccc3cc2c(=O)n1C. The first kappa shape index (κ1) is 14.1. The molecule has 0 N–H and O–H groups in total. The summed E-state index contributed by atoms with van der Waals surface area (Å²) in [4.78, 5) is 17.2. The van der Waals surface area contributed by atoms with Gasteiger partial charge in [0, 0.05) is 12.8 Å². The molecule has 0 aliphatic heterocycles. The van der Waals surface area contributed by atoms with Gasteiger partial charge in [0.2, 0.25) is 0 Å². The fourth-order valence-electron chi connectivity index (χ4n) is 2.37. The summed E-state index contributed by atoms with van der Waals surface area (Å²) in [6.07, 6.45) is 2.29. The predicted molar refractivity (Wildman–Crippen MR) is 90.1 cm³/mol. The lowest BCUT2D eigenvalue weighted by atomic mass is 10.1. The van der Waals surface area contributed by atoms with Gasteiger partial charge >= 0.3 is 0 Å². The molecule has 0 atom stereocenters. The highest BCUT2D eigenvalue weighted by molar-refractivity contribution is 7.99. The minimum atomic E-state index is 0.0322. The molecule has 1 heterocycles. The Morgan fingerprint density at radius 2 is 1.90 bits per heavy atom. The molecule has 3 aromatic rings. The van der Waals surface area contributed by atoms with Crippen LogP contribution in [0.25, 0.3) is 21.7 Å². The topological polar surface area (TPSA) is 34.9 Å². The number of hydrogen-bond donors (Lipinski definition) is 0. The van der Waals surface area contributed by atoms with Crippen molar-refractivity contribution in [3.05, 3.63) is 46.8 Å². The van der Waals surface area contributed by atoms with Gasteiger partial charge < -0.3 is 0 Å². The van der Waals surface area contributed by atoms with Crippen molar-refractivity contribution < 1.29 is 0 Å². The average molecular weight is 298 g/mol. The number of aromatic nitrogens is 2. The third-order valence-corrected chi connectivity index (χ3v) is 4.75. The monoisotopic (exact) mass is 298 g/mol. The molecular formula is C17H18N2OS. The molecule has 4 heteroatoms. The number of nitrogens with zero attached hydrogens (tertiary/aromatic N) is 2. The van der Waals surface area contributed by atoms with E-state index in [4.69, 9.17) is 0 Å². The van der Waals surface area contributed by atoms with Gasteiger partial charge in [-0.1, -0.05) is 49.4 Å². The molecule has 1 aromatic heterocycles. The van der Waals surface area contributed by atoms with Crippen molar-refractivity contribution in [1.29, 1.82) is 0 Å². The van der Waals surface area contributed by atoms with Crippen LogP contribution in [0.3, 0.4) is 0 Å². The van der Waals surface area contributed by atoms with Gasteiger partial charge in [-0.25, -0.2) is 4.98 Å². The highest BCUT2D eigenvalue weighted by atomic mass is 32.2. The van der Waals surface area contributed by atoms with Crippen LogP contribution in [0.2, 0.25) is 0 Å². The van der Waals surface area contributed by atoms with Crippen LogP contribution in [0.15, 0.2) is 46.3 Å². The van der Waals surface area contributed by atoms with E-state index in [0.29, 0.717) is 5.39 Å². The Kier molecular flexibility index (Phi) is 3.97. The van der Waals surface area contributed by atoms with Crippen molar-refractivity contribution in [2.45, 2.75) is 24.9 Å². The van der Waals surface area contributed by atoms with Gasteiger partial charge in [-0.3, -0.25) is 9.36 Å². The number of unbranched alkanes of at least 4 members (excludes halogenated alkanes) is 1. The highest BCUT2D eigenvalue weighted by Crippen LogP contribution is 2.22. The number of fused-ring (bicyclic) bond motifs is 2. The van der Waals surface area contributed by atoms with Gasteiger partial charge in [0.05, 0.1) is 10.9 Å². The predicted octanol–water partition coefficient (Wildman–Crippen LogP) is 3.98. The largest absolute Gasteiger partial charge is 0.290 e. The summed E-state index contributed by atoms with van der Waals surface area (Å²) in [5.74, 6) is 0.996. The third-order valence-electron chi connectivity index (χ3n) is 3.63. The zero-order valence-corrected chi connectivity index (χ0v) is 13.1. The van der Waals surface area contributed by atoms with E-state index >= 15 is 0 Å². The second-order valence-corrected chi connectivity index (χ2v) is 6.24. The summed E-state index contributed by atoms with van der Waals surface area (Å²) in [6.45, 7) is 2.17. The number of hydrogen-bond acceptors (Lipinski definition) is 3. The summed E-state index contributed by atoms with van der Waals surface area (Å²) in [5.41, 5.74) is 0.820. The van der Waals surface area contributed by atoms with Crippen LogP contribution < -0.4 is 5.56 Å². The van der Waals surface area contributed by atoms with Crippen molar-refractivity contribution >= 4 is 33.4 Å². The zero-order valence-electron chi connectivity index (χ0n) is 12.3. The van der Waals surface area contributed by atoms with Crippen LogP contribution in [0, 0.1) is 0 Å². The minimum Gasteiger partial charge on any atom is -0.290 e. The first-order valence-electron chi connectivity index (χ1n) is 7.23. The van der Waals surface area contributed by atoms with Crippen LogP contribution in [0.1, 0.15) is 19.8 Å². The van der Waals surface area contributed by atoms with Crippen molar-refractivity contribution in [1.82, 2.24) is 9.55 Å². The molecule has 3 rings (SSSR count). The summed E-state index contributed by atoms with van der Waals surface area (Å²) >= 11 is 1.66. The van der Waals surface area contributed by atoms with E-state index in [0.717, 1.165) is 40.0 Å². The molecule has 0 saturated heterocycles. The summed E-state index contributed by atoms with van der Waals surface area (Å²) < 4.78 is 1.66. The molecule has 0 unspecified atom stereocenters. The maximum Gasteiger partial charge on any atom is 0.261 e. The smallest absolute Gasteiger partial charge is 0.261 e. The highest BCUT2D eigenvalue weighted by Gasteiger charge is 2.09. The second-order valence-electron chi connectivity index (χ2n) is 5.18. The number of thioether (sulfide) groups is 1. The van der Waals surface area contributed by atoms with Gasteiger partial charge in [0.15, 0.2) is 5.16 Å². The summed E-state index contributed by atoms with van der Waals surface area (Å²) in [7, 11) is 1.80. The van der Waals surface area contributed by atoms with E-state index in [9.17, 15) is 4.79 Å². The van der Waals surface area contributed by atoms with Gasteiger partial charge in [-0.05, 0) is 29.3 Å². The Morgan fingerprint density at radius 1 is 1.19 bits per heavy atom. The van der Waals surface area contributed by atoms with Gasteiger partial charge in [-0.15, -0.1) is 0 Å². The first-order valence-corrected chi connectivity index (χ1v) is 8.21. The van der Waals surface area contributed by atoms with Gasteiger partial charge in [0.1, 0.15) is 0 Å². The van der Waals surface area contributed by atoms with Crippen LogP contribution in [0.5, 0.6) is 0 Å². The fourth-order valence-corrected chi connectivity index (χ4v) is 3.43. The van der Waals surface area contributed by atoms with Crippen LogP contribution in [0.4, 0.5) is 0 Å². The molecule has 0 aliphatic carbocycles. The number of rotatable bonds is 4. The molecule has 2 aromatic carbocycles.